The minimum absolute atomic E-state index is 0.272. The van der Waals surface area contributed by atoms with Crippen molar-refractivity contribution in [2.24, 2.45) is 5.10 Å². The van der Waals surface area contributed by atoms with Crippen molar-refractivity contribution in [2.75, 3.05) is 0 Å². The van der Waals surface area contributed by atoms with E-state index in [-0.39, 0.29) is 5.91 Å². The van der Waals surface area contributed by atoms with Gasteiger partial charge in [-0.2, -0.15) is 5.10 Å². The number of nitrogens with one attached hydrogen (secondary N) is 1. The van der Waals surface area contributed by atoms with Crippen LogP contribution in [0.25, 0.3) is 0 Å². The van der Waals surface area contributed by atoms with Gasteiger partial charge in [-0.05, 0) is 31.9 Å². The van der Waals surface area contributed by atoms with E-state index in [2.05, 4.69) is 17.5 Å². The van der Waals surface area contributed by atoms with Crippen molar-refractivity contribution in [1.82, 2.24) is 5.43 Å². The summed E-state index contributed by atoms with van der Waals surface area (Å²) in [5.74, 6) is -0.272. The highest BCUT2D eigenvalue weighted by molar-refractivity contribution is 6.33. The van der Waals surface area contributed by atoms with Gasteiger partial charge in [-0.25, -0.2) is 5.43 Å². The molecule has 0 atom stereocenters. The standard InChI is InChI=1S/C13H17ClN2O/c1-3-4-7-10(2)15-16-13(17)11-8-5-6-9-12(11)14/h5-6,8-9H,3-4,7H2,1-2H3,(H,16,17). The molecule has 0 aliphatic carbocycles. The predicted molar refractivity (Wildman–Crippen MR) is 71.6 cm³/mol. The first-order valence-electron chi connectivity index (χ1n) is 5.73. The van der Waals surface area contributed by atoms with E-state index in [9.17, 15) is 4.79 Å². The van der Waals surface area contributed by atoms with Crippen molar-refractivity contribution in [1.29, 1.82) is 0 Å². The van der Waals surface area contributed by atoms with Crippen molar-refractivity contribution in [2.45, 2.75) is 33.1 Å². The van der Waals surface area contributed by atoms with Crippen molar-refractivity contribution >= 4 is 23.2 Å². The number of carbonyl (C=O) groups is 1. The zero-order chi connectivity index (χ0) is 12.7. The second-order valence-electron chi connectivity index (χ2n) is 3.87. The average molecular weight is 253 g/mol. The van der Waals surface area contributed by atoms with E-state index < -0.39 is 0 Å². The summed E-state index contributed by atoms with van der Waals surface area (Å²) >= 11 is 5.91. The van der Waals surface area contributed by atoms with Crippen LogP contribution in [0.1, 0.15) is 43.5 Å². The van der Waals surface area contributed by atoms with E-state index in [4.69, 9.17) is 11.6 Å². The maximum atomic E-state index is 11.7. The Kier molecular flexibility index (Phi) is 5.70. The van der Waals surface area contributed by atoms with Gasteiger partial charge in [0.2, 0.25) is 0 Å². The Morgan fingerprint density at radius 1 is 1.41 bits per heavy atom. The van der Waals surface area contributed by atoms with E-state index in [1.807, 2.05) is 6.92 Å². The molecule has 0 radical (unpaired) electrons. The number of rotatable bonds is 5. The summed E-state index contributed by atoms with van der Waals surface area (Å²) in [4.78, 5) is 11.7. The number of carbonyl (C=O) groups excluding carboxylic acids is 1. The summed E-state index contributed by atoms with van der Waals surface area (Å²) in [7, 11) is 0. The number of benzene rings is 1. The Balaban J connectivity index is 2.58. The van der Waals surface area contributed by atoms with E-state index >= 15 is 0 Å². The summed E-state index contributed by atoms with van der Waals surface area (Å²) in [6, 6.07) is 6.92. The molecule has 0 aliphatic heterocycles. The lowest BCUT2D eigenvalue weighted by Gasteiger charge is -2.03. The highest BCUT2D eigenvalue weighted by Gasteiger charge is 2.07. The van der Waals surface area contributed by atoms with Crippen LogP contribution in [0.4, 0.5) is 0 Å². The van der Waals surface area contributed by atoms with Gasteiger partial charge in [0.25, 0.3) is 5.91 Å². The SMILES string of the molecule is CCCCC(C)=NNC(=O)c1ccccc1Cl. The number of unbranched alkanes of at least 4 members (excludes halogenated alkanes) is 1. The van der Waals surface area contributed by atoms with Crippen LogP contribution in [0.15, 0.2) is 29.4 Å². The van der Waals surface area contributed by atoms with Gasteiger partial charge in [-0.3, -0.25) is 4.79 Å². The molecule has 17 heavy (non-hydrogen) atoms. The van der Waals surface area contributed by atoms with Crippen LogP contribution < -0.4 is 5.43 Å². The Labute approximate surface area is 107 Å². The smallest absolute Gasteiger partial charge is 0.267 e. The molecule has 1 rings (SSSR count). The number of hydrogen-bond acceptors (Lipinski definition) is 2. The quantitative estimate of drug-likeness (QED) is 0.631. The fourth-order valence-electron chi connectivity index (χ4n) is 1.34. The van der Waals surface area contributed by atoms with Gasteiger partial charge in [0.05, 0.1) is 10.6 Å². The fourth-order valence-corrected chi connectivity index (χ4v) is 1.56. The third-order valence-electron chi connectivity index (χ3n) is 2.36. The number of nitrogens with zero attached hydrogens (tertiary/aromatic N) is 1. The largest absolute Gasteiger partial charge is 0.272 e. The van der Waals surface area contributed by atoms with E-state index in [1.165, 1.54) is 0 Å². The third kappa shape index (κ3) is 4.57. The van der Waals surface area contributed by atoms with Crippen LogP contribution in [0.2, 0.25) is 5.02 Å². The summed E-state index contributed by atoms with van der Waals surface area (Å²) in [5.41, 5.74) is 3.88. The first-order chi connectivity index (χ1) is 8.15. The normalized spacial score (nSPS) is 11.4. The van der Waals surface area contributed by atoms with E-state index in [0.717, 1.165) is 25.0 Å². The Bertz CT molecular complexity index is 416. The molecule has 0 bridgehead atoms. The second-order valence-corrected chi connectivity index (χ2v) is 4.28. The van der Waals surface area contributed by atoms with Crippen LogP contribution in [0, 0.1) is 0 Å². The molecule has 3 nitrogen and oxygen atoms in total. The molecule has 0 aliphatic rings. The van der Waals surface area contributed by atoms with Crippen LogP contribution in [0.5, 0.6) is 0 Å². The summed E-state index contributed by atoms with van der Waals surface area (Å²) < 4.78 is 0. The lowest BCUT2D eigenvalue weighted by Crippen LogP contribution is -2.19. The molecule has 1 N–H and O–H groups in total. The van der Waals surface area contributed by atoms with Crippen LogP contribution >= 0.6 is 11.6 Å². The molecule has 0 spiro atoms. The average Bonchev–Trinajstić information content (AvgIpc) is 2.34. The lowest BCUT2D eigenvalue weighted by molar-refractivity contribution is 0.0955. The summed E-state index contributed by atoms with van der Waals surface area (Å²) in [6.07, 6.45) is 3.10. The first-order valence-corrected chi connectivity index (χ1v) is 6.11. The Hall–Kier alpha value is -1.35. The molecule has 1 aromatic rings. The Morgan fingerprint density at radius 3 is 2.76 bits per heavy atom. The number of amides is 1. The molecule has 1 amide bonds. The van der Waals surface area contributed by atoms with Gasteiger partial charge < -0.3 is 0 Å². The molecule has 4 heteroatoms. The maximum absolute atomic E-state index is 11.7. The van der Waals surface area contributed by atoms with Crippen LogP contribution in [-0.2, 0) is 0 Å². The zero-order valence-electron chi connectivity index (χ0n) is 10.2. The van der Waals surface area contributed by atoms with Crippen molar-refractivity contribution in [3.8, 4) is 0 Å². The van der Waals surface area contributed by atoms with Crippen LogP contribution in [-0.4, -0.2) is 11.6 Å². The van der Waals surface area contributed by atoms with Gasteiger partial charge >= 0.3 is 0 Å². The van der Waals surface area contributed by atoms with Gasteiger partial charge in [0.15, 0.2) is 0 Å². The number of hydrogen-bond donors (Lipinski definition) is 1. The third-order valence-corrected chi connectivity index (χ3v) is 2.69. The van der Waals surface area contributed by atoms with Crippen molar-refractivity contribution in [3.05, 3.63) is 34.9 Å². The minimum atomic E-state index is -0.272. The fraction of sp³-hybridized carbons (Fsp3) is 0.385. The molecule has 1 aromatic carbocycles. The molecule has 92 valence electrons. The number of halogens is 1. The highest BCUT2D eigenvalue weighted by atomic mass is 35.5. The molecular formula is C13H17ClN2O. The molecule has 0 unspecified atom stereocenters. The molecule has 0 saturated heterocycles. The maximum Gasteiger partial charge on any atom is 0.272 e. The second kappa shape index (κ2) is 7.07. The van der Waals surface area contributed by atoms with E-state index in [1.54, 1.807) is 24.3 Å². The molecule has 0 aromatic heterocycles. The Morgan fingerprint density at radius 2 is 2.12 bits per heavy atom. The number of hydrazone groups is 1. The topological polar surface area (TPSA) is 41.5 Å². The molecule has 0 fully saturated rings. The lowest BCUT2D eigenvalue weighted by atomic mass is 10.2. The summed E-state index contributed by atoms with van der Waals surface area (Å²) in [5, 5.41) is 4.47. The first kappa shape index (κ1) is 13.7. The van der Waals surface area contributed by atoms with Gasteiger partial charge in [-0.15, -0.1) is 0 Å². The van der Waals surface area contributed by atoms with Crippen molar-refractivity contribution < 1.29 is 4.79 Å². The molecular weight excluding hydrogens is 236 g/mol. The van der Waals surface area contributed by atoms with Gasteiger partial charge in [0, 0.05) is 5.71 Å². The van der Waals surface area contributed by atoms with Gasteiger partial charge in [-0.1, -0.05) is 37.1 Å². The van der Waals surface area contributed by atoms with E-state index in [0.29, 0.717) is 10.6 Å². The minimum Gasteiger partial charge on any atom is -0.267 e. The zero-order valence-corrected chi connectivity index (χ0v) is 10.9. The summed E-state index contributed by atoms with van der Waals surface area (Å²) in [6.45, 7) is 4.03. The highest BCUT2D eigenvalue weighted by Crippen LogP contribution is 2.14. The van der Waals surface area contributed by atoms with Gasteiger partial charge in [0.1, 0.15) is 0 Å². The monoisotopic (exact) mass is 252 g/mol. The van der Waals surface area contributed by atoms with Crippen molar-refractivity contribution in [3.63, 3.8) is 0 Å². The predicted octanol–water partition coefficient (Wildman–Crippen LogP) is 3.64. The van der Waals surface area contributed by atoms with Crippen LogP contribution in [0.3, 0.4) is 0 Å². The molecule has 0 heterocycles. The molecule has 0 saturated carbocycles.